The first-order valence-electron chi connectivity index (χ1n) is 9.42. The molecule has 1 aromatic heterocycles. The largest absolute Gasteiger partial charge is 0.457 e. The van der Waals surface area contributed by atoms with Gasteiger partial charge in [-0.3, -0.25) is 14.4 Å². The minimum atomic E-state index is -4.34. The smallest absolute Gasteiger partial charge is 0.378 e. The summed E-state index contributed by atoms with van der Waals surface area (Å²) < 4.78 is 36.6. The number of aromatic amines is 1. The fourth-order valence-electron chi connectivity index (χ4n) is 3.32. The number of hydrogen-bond acceptors (Lipinski definition) is 6. The minimum absolute atomic E-state index is 0.00950. The number of aromatic nitrogens is 3. The summed E-state index contributed by atoms with van der Waals surface area (Å²) in [5, 5.41) is 3.98. The first-order valence-corrected chi connectivity index (χ1v) is 11.0. The zero-order chi connectivity index (χ0) is 20.1. The number of rotatable bonds is 8. The first-order chi connectivity index (χ1) is 13.4. The summed E-state index contributed by atoms with van der Waals surface area (Å²) in [6.07, 6.45) is 6.79. The van der Waals surface area contributed by atoms with E-state index in [1.807, 2.05) is 13.0 Å². The summed E-state index contributed by atoms with van der Waals surface area (Å²) in [6.45, 7) is 3.90. The summed E-state index contributed by atoms with van der Waals surface area (Å²) in [4.78, 5) is 26.7. The molecule has 1 saturated heterocycles. The second-order valence-corrected chi connectivity index (χ2v) is 8.52. The van der Waals surface area contributed by atoms with Crippen molar-refractivity contribution >= 4 is 7.75 Å². The van der Waals surface area contributed by atoms with Crippen LogP contribution in [0, 0.1) is 5.92 Å². The van der Waals surface area contributed by atoms with E-state index in [0.29, 0.717) is 37.1 Å². The van der Waals surface area contributed by atoms with E-state index in [0.717, 1.165) is 6.42 Å². The lowest BCUT2D eigenvalue weighted by molar-refractivity contribution is -0.0277. The van der Waals surface area contributed by atoms with Gasteiger partial charge in [0.1, 0.15) is 11.7 Å². The predicted molar refractivity (Wildman–Crippen MR) is 100 cm³/mol. The molecule has 11 heteroatoms. The molecule has 0 spiro atoms. The van der Waals surface area contributed by atoms with E-state index >= 15 is 0 Å². The van der Waals surface area contributed by atoms with Crippen molar-refractivity contribution in [1.29, 1.82) is 0 Å². The van der Waals surface area contributed by atoms with Crippen LogP contribution in [0.25, 0.3) is 0 Å². The van der Waals surface area contributed by atoms with Gasteiger partial charge in [0.15, 0.2) is 0 Å². The van der Waals surface area contributed by atoms with Crippen molar-refractivity contribution in [2.75, 3.05) is 26.4 Å². The number of hydrogen-bond donors (Lipinski definition) is 2. The highest BCUT2D eigenvalue weighted by Gasteiger charge is 2.32. The van der Waals surface area contributed by atoms with Crippen LogP contribution in [0.2, 0.25) is 0 Å². The van der Waals surface area contributed by atoms with Gasteiger partial charge >= 0.3 is 13.4 Å². The highest BCUT2D eigenvalue weighted by Crippen LogP contribution is 2.41. The molecular formula is C17H26FN4O5P. The van der Waals surface area contributed by atoms with Gasteiger partial charge in [0.2, 0.25) is 0 Å². The Bertz CT molecular complexity index is 836. The quantitative estimate of drug-likeness (QED) is 0.492. The van der Waals surface area contributed by atoms with Crippen molar-refractivity contribution < 1.29 is 23.1 Å². The summed E-state index contributed by atoms with van der Waals surface area (Å²) in [6, 6.07) is -0.00950. The van der Waals surface area contributed by atoms with Crippen LogP contribution in [0.1, 0.15) is 32.0 Å². The van der Waals surface area contributed by atoms with E-state index in [2.05, 4.69) is 15.0 Å². The Morgan fingerprint density at radius 3 is 3.07 bits per heavy atom. The molecule has 2 N–H and O–H groups in total. The molecule has 28 heavy (non-hydrogen) atoms. The molecule has 0 saturated carbocycles. The van der Waals surface area contributed by atoms with Gasteiger partial charge in [0.05, 0.1) is 26.4 Å². The van der Waals surface area contributed by atoms with Gasteiger partial charge in [0, 0.05) is 12.6 Å². The van der Waals surface area contributed by atoms with Crippen LogP contribution in [0.15, 0.2) is 28.8 Å². The number of morpholine rings is 1. The Kier molecular flexibility index (Phi) is 7.00. The standard InChI is InChI=1S/C17H26FN4O5P/c1-2-3-9-27-28(24,25)22-17(23)19-16(20-22)11-21-8-10-26-12-15(21)13-4-6-14(18)7-5-13/h4,6-7,13,15H,2-3,5,8-12H2,1H3,(H,24,25)(H,19,20,23)/t13?,15-/m1/s1. The highest BCUT2D eigenvalue weighted by molar-refractivity contribution is 7.50. The fraction of sp³-hybridized carbons (Fsp3) is 0.647. The van der Waals surface area contributed by atoms with E-state index in [9.17, 15) is 18.6 Å². The summed E-state index contributed by atoms with van der Waals surface area (Å²) in [7, 11) is -4.34. The van der Waals surface area contributed by atoms with E-state index in [1.54, 1.807) is 6.08 Å². The summed E-state index contributed by atoms with van der Waals surface area (Å²) in [5.74, 6) is 0.103. The molecule has 2 heterocycles. The number of nitrogens with zero attached hydrogens (tertiary/aromatic N) is 3. The molecule has 1 aliphatic heterocycles. The number of unbranched alkanes of at least 4 members (excludes halogenated alkanes) is 1. The lowest BCUT2D eigenvalue weighted by Crippen LogP contribution is -2.48. The van der Waals surface area contributed by atoms with Gasteiger partial charge in [0.25, 0.3) is 0 Å². The van der Waals surface area contributed by atoms with Crippen LogP contribution in [0.3, 0.4) is 0 Å². The Labute approximate surface area is 162 Å². The van der Waals surface area contributed by atoms with Crippen LogP contribution < -0.4 is 5.69 Å². The molecule has 9 nitrogen and oxygen atoms in total. The Morgan fingerprint density at radius 2 is 2.36 bits per heavy atom. The van der Waals surface area contributed by atoms with E-state index in [-0.39, 0.29) is 36.8 Å². The lowest BCUT2D eigenvalue weighted by atomic mass is 9.91. The van der Waals surface area contributed by atoms with Crippen LogP contribution >= 0.6 is 7.75 Å². The van der Waals surface area contributed by atoms with Crippen molar-refractivity contribution in [2.45, 2.75) is 38.8 Å². The van der Waals surface area contributed by atoms with Gasteiger partial charge in [-0.2, -0.15) is 0 Å². The van der Waals surface area contributed by atoms with Crippen molar-refractivity contribution in [3.8, 4) is 0 Å². The number of allylic oxidation sites excluding steroid dienone is 3. The molecule has 156 valence electrons. The van der Waals surface area contributed by atoms with Crippen molar-refractivity contribution in [2.24, 2.45) is 5.92 Å². The van der Waals surface area contributed by atoms with Crippen molar-refractivity contribution in [3.05, 3.63) is 40.4 Å². The third-order valence-electron chi connectivity index (χ3n) is 4.86. The topological polar surface area (TPSA) is 110 Å². The predicted octanol–water partition coefficient (Wildman–Crippen LogP) is 1.97. The number of nitrogens with one attached hydrogen (secondary N) is 1. The molecule has 3 atom stereocenters. The maximum Gasteiger partial charge on any atom is 0.457 e. The number of ether oxygens (including phenoxy) is 1. The van der Waals surface area contributed by atoms with Gasteiger partial charge in [-0.15, -0.1) is 9.55 Å². The van der Waals surface area contributed by atoms with Gasteiger partial charge < -0.3 is 9.63 Å². The second kappa shape index (κ2) is 9.28. The average molecular weight is 416 g/mol. The molecule has 1 aliphatic carbocycles. The summed E-state index contributed by atoms with van der Waals surface area (Å²) >= 11 is 0. The molecular weight excluding hydrogens is 390 g/mol. The Hall–Kier alpha value is -1.58. The van der Waals surface area contributed by atoms with Crippen molar-refractivity contribution in [1.82, 2.24) is 19.4 Å². The molecule has 2 aliphatic rings. The zero-order valence-electron chi connectivity index (χ0n) is 15.8. The molecule has 3 rings (SSSR count). The van der Waals surface area contributed by atoms with Gasteiger partial charge in [-0.25, -0.2) is 13.8 Å². The zero-order valence-corrected chi connectivity index (χ0v) is 16.7. The van der Waals surface area contributed by atoms with E-state index < -0.39 is 13.4 Å². The highest BCUT2D eigenvalue weighted by atomic mass is 31.2. The molecule has 0 radical (unpaired) electrons. The normalized spacial score (nSPS) is 25.5. The molecule has 2 unspecified atom stereocenters. The molecule has 0 amide bonds. The van der Waals surface area contributed by atoms with Crippen molar-refractivity contribution in [3.63, 3.8) is 0 Å². The molecule has 1 aromatic rings. The minimum Gasteiger partial charge on any atom is -0.378 e. The Morgan fingerprint density at radius 1 is 1.54 bits per heavy atom. The number of halogens is 1. The van der Waals surface area contributed by atoms with Crippen LogP contribution in [0.5, 0.6) is 0 Å². The van der Waals surface area contributed by atoms with Crippen LogP contribution in [0.4, 0.5) is 4.39 Å². The fourth-order valence-corrected chi connectivity index (χ4v) is 4.30. The summed E-state index contributed by atoms with van der Waals surface area (Å²) in [5.41, 5.74) is -0.787. The van der Waals surface area contributed by atoms with Crippen LogP contribution in [-0.2, 0) is 20.4 Å². The third-order valence-corrected chi connectivity index (χ3v) is 6.13. The maximum atomic E-state index is 13.3. The monoisotopic (exact) mass is 416 g/mol. The van der Waals surface area contributed by atoms with E-state index in [4.69, 9.17) is 9.26 Å². The average Bonchev–Trinajstić information content (AvgIpc) is 3.04. The SMILES string of the molecule is CCCCOP(=O)(O)n1nc(CN2CCOC[C@@H]2C2C=CC(F)=CC2)[nH]c1=O. The lowest BCUT2D eigenvalue weighted by Gasteiger charge is -2.39. The molecule has 0 bridgehead atoms. The van der Waals surface area contributed by atoms with Gasteiger partial charge in [-0.1, -0.05) is 19.4 Å². The molecule has 1 fully saturated rings. The maximum absolute atomic E-state index is 13.3. The second-order valence-electron chi connectivity index (χ2n) is 6.90. The van der Waals surface area contributed by atoms with E-state index in [1.165, 1.54) is 6.08 Å². The number of H-pyrrole nitrogens is 1. The van der Waals surface area contributed by atoms with Gasteiger partial charge in [-0.05, 0) is 30.9 Å². The van der Waals surface area contributed by atoms with Crippen LogP contribution in [-0.4, -0.2) is 56.7 Å². The molecule has 0 aromatic carbocycles. The third kappa shape index (κ3) is 5.07. The first kappa shape index (κ1) is 21.1. The Balaban J connectivity index is 1.71.